The van der Waals surface area contributed by atoms with Gasteiger partial charge in [-0.15, -0.1) is 12.4 Å². The first-order valence-electron chi connectivity index (χ1n) is 4.79. The number of fused-ring (bicyclic) bond motifs is 3. The lowest BCUT2D eigenvalue weighted by Crippen LogP contribution is -2.08. The first-order valence-corrected chi connectivity index (χ1v) is 4.79. The van der Waals surface area contributed by atoms with E-state index in [0.717, 1.165) is 12.8 Å². The van der Waals surface area contributed by atoms with Gasteiger partial charge in [0.1, 0.15) is 0 Å². The lowest BCUT2D eigenvalue weighted by atomic mass is 9.96. The molecule has 1 aliphatic rings. The summed E-state index contributed by atoms with van der Waals surface area (Å²) >= 11 is 0. The Hall–Kier alpha value is -1.29. The van der Waals surface area contributed by atoms with Gasteiger partial charge < -0.3 is 0 Å². The van der Waals surface area contributed by atoms with Gasteiger partial charge in [0, 0.05) is 25.4 Å². The maximum atomic E-state index is 4.29. The highest BCUT2D eigenvalue weighted by molar-refractivity contribution is 5.85. The third-order valence-electron chi connectivity index (χ3n) is 2.96. The molecule has 0 fully saturated rings. The molecule has 0 aliphatic heterocycles. The molecular formula is C10H13ClN4. The van der Waals surface area contributed by atoms with E-state index in [9.17, 15) is 0 Å². The van der Waals surface area contributed by atoms with Crippen molar-refractivity contribution in [1.82, 2.24) is 19.6 Å². The molecule has 0 bridgehead atoms. The number of hydrogen-bond acceptors (Lipinski definition) is 2. The highest BCUT2D eigenvalue weighted by Gasteiger charge is 2.22. The monoisotopic (exact) mass is 224 g/mol. The van der Waals surface area contributed by atoms with Crippen LogP contribution in [0.25, 0.3) is 11.3 Å². The van der Waals surface area contributed by atoms with Crippen LogP contribution in [0.4, 0.5) is 0 Å². The van der Waals surface area contributed by atoms with Crippen molar-refractivity contribution >= 4 is 12.4 Å². The van der Waals surface area contributed by atoms with Gasteiger partial charge >= 0.3 is 0 Å². The molecule has 2 aromatic rings. The molecule has 0 saturated heterocycles. The molecule has 80 valence electrons. The van der Waals surface area contributed by atoms with Gasteiger partial charge in [0.25, 0.3) is 0 Å². The Labute approximate surface area is 94.3 Å². The summed E-state index contributed by atoms with van der Waals surface area (Å²) in [6.45, 7) is 0. The van der Waals surface area contributed by atoms with Crippen LogP contribution in [0.1, 0.15) is 11.3 Å². The summed E-state index contributed by atoms with van der Waals surface area (Å²) in [5.41, 5.74) is 5.14. The third-order valence-corrected chi connectivity index (χ3v) is 2.96. The number of halogens is 1. The number of nitrogens with zero attached hydrogens (tertiary/aromatic N) is 4. The molecule has 0 aromatic carbocycles. The molecule has 0 amide bonds. The second-order valence-electron chi connectivity index (χ2n) is 3.77. The number of aromatic nitrogens is 4. The number of aryl methyl sites for hydroxylation is 3. The molecule has 0 atom stereocenters. The van der Waals surface area contributed by atoms with Crippen LogP contribution in [0.3, 0.4) is 0 Å². The van der Waals surface area contributed by atoms with Crippen molar-refractivity contribution in [1.29, 1.82) is 0 Å². The minimum atomic E-state index is 0. The molecule has 3 rings (SSSR count). The summed E-state index contributed by atoms with van der Waals surface area (Å²) in [5.74, 6) is 0. The lowest BCUT2D eigenvalue weighted by Gasteiger charge is -2.13. The van der Waals surface area contributed by atoms with E-state index in [1.54, 1.807) is 0 Å². The summed E-state index contributed by atoms with van der Waals surface area (Å²) < 4.78 is 3.90. The van der Waals surface area contributed by atoms with Crippen molar-refractivity contribution in [2.24, 2.45) is 14.1 Å². The maximum Gasteiger partial charge on any atom is 0.0745 e. The molecule has 15 heavy (non-hydrogen) atoms. The summed E-state index contributed by atoms with van der Waals surface area (Å²) in [4.78, 5) is 0. The molecule has 0 spiro atoms. The SMILES string of the molecule is Cl.Cn1ncc2c1CCc1cnn(C)c1-2. The molecule has 0 unspecified atom stereocenters. The fourth-order valence-electron chi connectivity index (χ4n) is 2.22. The summed E-state index contributed by atoms with van der Waals surface area (Å²) in [5, 5.41) is 8.58. The van der Waals surface area contributed by atoms with E-state index in [0.29, 0.717) is 0 Å². The molecule has 0 saturated carbocycles. The average Bonchev–Trinajstić information content (AvgIpc) is 2.72. The van der Waals surface area contributed by atoms with Crippen LogP contribution in [-0.4, -0.2) is 19.6 Å². The van der Waals surface area contributed by atoms with E-state index in [1.807, 2.05) is 35.9 Å². The van der Waals surface area contributed by atoms with Gasteiger partial charge in [-0.2, -0.15) is 10.2 Å². The lowest BCUT2D eigenvalue weighted by molar-refractivity contribution is 0.698. The zero-order valence-electron chi connectivity index (χ0n) is 8.77. The van der Waals surface area contributed by atoms with E-state index in [-0.39, 0.29) is 12.4 Å². The third kappa shape index (κ3) is 1.28. The van der Waals surface area contributed by atoms with Gasteiger partial charge in [-0.1, -0.05) is 0 Å². The Balaban J connectivity index is 0.000000853. The van der Waals surface area contributed by atoms with Crippen molar-refractivity contribution in [3.8, 4) is 11.3 Å². The molecule has 4 nitrogen and oxygen atoms in total. The Morgan fingerprint density at radius 1 is 1.07 bits per heavy atom. The van der Waals surface area contributed by atoms with Gasteiger partial charge in [-0.05, 0) is 18.4 Å². The van der Waals surface area contributed by atoms with Crippen LogP contribution >= 0.6 is 12.4 Å². The smallest absolute Gasteiger partial charge is 0.0745 e. The van der Waals surface area contributed by atoms with E-state index in [2.05, 4.69) is 10.2 Å². The van der Waals surface area contributed by atoms with E-state index in [4.69, 9.17) is 0 Å². The standard InChI is InChI=1S/C10H12N4.ClH/c1-13-9-4-3-7-5-11-14(2)10(7)8(9)6-12-13;/h5-6H,3-4H2,1-2H3;1H. The summed E-state index contributed by atoms with van der Waals surface area (Å²) in [6.07, 6.45) is 6.06. The van der Waals surface area contributed by atoms with Gasteiger partial charge in [0.15, 0.2) is 0 Å². The van der Waals surface area contributed by atoms with Crippen LogP contribution in [0, 0.1) is 0 Å². The Morgan fingerprint density at radius 3 is 2.60 bits per heavy atom. The zero-order chi connectivity index (χ0) is 9.71. The van der Waals surface area contributed by atoms with Crippen molar-refractivity contribution in [2.45, 2.75) is 12.8 Å². The quantitative estimate of drug-likeness (QED) is 0.677. The molecule has 0 radical (unpaired) electrons. The predicted octanol–water partition coefficient (Wildman–Crippen LogP) is 1.34. The Morgan fingerprint density at radius 2 is 1.80 bits per heavy atom. The highest BCUT2D eigenvalue weighted by Crippen LogP contribution is 2.32. The highest BCUT2D eigenvalue weighted by atomic mass is 35.5. The van der Waals surface area contributed by atoms with Gasteiger partial charge in [-0.3, -0.25) is 9.36 Å². The molecular weight excluding hydrogens is 212 g/mol. The van der Waals surface area contributed by atoms with Crippen LogP contribution < -0.4 is 0 Å². The average molecular weight is 225 g/mol. The minimum absolute atomic E-state index is 0. The predicted molar refractivity (Wildman–Crippen MR) is 60.1 cm³/mol. The van der Waals surface area contributed by atoms with Gasteiger partial charge in [0.05, 0.1) is 18.1 Å². The maximum absolute atomic E-state index is 4.29. The fourth-order valence-corrected chi connectivity index (χ4v) is 2.22. The number of rotatable bonds is 0. The Kier molecular flexibility index (Phi) is 2.31. The van der Waals surface area contributed by atoms with Crippen LogP contribution in [0.5, 0.6) is 0 Å². The first kappa shape index (κ1) is 10.2. The fraction of sp³-hybridized carbons (Fsp3) is 0.400. The Bertz CT molecular complexity index is 497. The van der Waals surface area contributed by atoms with Crippen LogP contribution in [-0.2, 0) is 26.9 Å². The van der Waals surface area contributed by atoms with Crippen LogP contribution in [0.2, 0.25) is 0 Å². The van der Waals surface area contributed by atoms with Gasteiger partial charge in [0.2, 0.25) is 0 Å². The second-order valence-corrected chi connectivity index (χ2v) is 3.77. The molecule has 2 aromatic heterocycles. The number of hydrogen-bond donors (Lipinski definition) is 0. The van der Waals surface area contributed by atoms with Crippen molar-refractivity contribution in [2.75, 3.05) is 0 Å². The van der Waals surface area contributed by atoms with E-state index >= 15 is 0 Å². The second kappa shape index (κ2) is 3.38. The first-order chi connectivity index (χ1) is 6.77. The van der Waals surface area contributed by atoms with Gasteiger partial charge in [-0.25, -0.2) is 0 Å². The van der Waals surface area contributed by atoms with Crippen molar-refractivity contribution in [3.63, 3.8) is 0 Å². The van der Waals surface area contributed by atoms with Crippen molar-refractivity contribution in [3.05, 3.63) is 23.7 Å². The molecule has 5 heteroatoms. The summed E-state index contributed by atoms with van der Waals surface area (Å²) in [7, 11) is 3.99. The zero-order valence-corrected chi connectivity index (χ0v) is 9.58. The normalized spacial score (nSPS) is 12.9. The minimum Gasteiger partial charge on any atom is -0.272 e. The topological polar surface area (TPSA) is 35.6 Å². The molecule has 2 heterocycles. The molecule has 0 N–H and O–H groups in total. The van der Waals surface area contributed by atoms with Crippen molar-refractivity contribution < 1.29 is 0 Å². The summed E-state index contributed by atoms with van der Waals surface area (Å²) in [6, 6.07) is 0. The van der Waals surface area contributed by atoms with E-state index in [1.165, 1.54) is 22.5 Å². The van der Waals surface area contributed by atoms with Crippen LogP contribution in [0.15, 0.2) is 12.4 Å². The van der Waals surface area contributed by atoms with E-state index < -0.39 is 0 Å². The largest absolute Gasteiger partial charge is 0.272 e. The molecule has 1 aliphatic carbocycles.